The lowest BCUT2D eigenvalue weighted by atomic mass is 9.85. The van der Waals surface area contributed by atoms with Gasteiger partial charge in [0.25, 0.3) is 0 Å². The van der Waals surface area contributed by atoms with Gasteiger partial charge in [-0.2, -0.15) is 5.26 Å². The quantitative estimate of drug-likeness (QED) is 0.376. The van der Waals surface area contributed by atoms with E-state index in [1.54, 1.807) is 4.90 Å². The smallest absolute Gasteiger partial charge is 0.246 e. The van der Waals surface area contributed by atoms with Gasteiger partial charge >= 0.3 is 0 Å². The van der Waals surface area contributed by atoms with E-state index in [1.165, 1.54) is 0 Å². The fourth-order valence-corrected chi connectivity index (χ4v) is 6.96. The van der Waals surface area contributed by atoms with Crippen LogP contribution in [0.15, 0.2) is 18.3 Å². The monoisotopic (exact) mass is 566 g/mol. The molecule has 8 atom stereocenters. The highest BCUT2D eigenvalue weighted by atomic mass is 16.2. The maximum Gasteiger partial charge on any atom is 0.246 e. The van der Waals surface area contributed by atoms with E-state index < -0.39 is 41.3 Å². The van der Waals surface area contributed by atoms with E-state index in [9.17, 15) is 24.4 Å². The van der Waals surface area contributed by atoms with Crippen LogP contribution in [0.3, 0.4) is 0 Å². The van der Waals surface area contributed by atoms with Crippen LogP contribution in [0, 0.1) is 45.8 Å². The van der Waals surface area contributed by atoms with Gasteiger partial charge in [-0.3, -0.25) is 19.2 Å². The molecule has 1 aliphatic heterocycles. The number of carbonyl (C=O) groups excluding carboxylic acids is 4. The molecule has 4 amide bonds. The molecule has 0 bridgehead atoms. The molecule has 1 saturated heterocycles. The topological polar surface area (TPSA) is 150 Å². The molecule has 3 fully saturated rings. The number of nitrogens with two attached hydrogens (primary N) is 1. The van der Waals surface area contributed by atoms with Crippen LogP contribution >= 0.6 is 0 Å². The van der Waals surface area contributed by atoms with E-state index in [0.717, 1.165) is 18.5 Å². The highest BCUT2D eigenvalue weighted by molar-refractivity contribution is 5.95. The number of piperidine rings is 1. The molecule has 0 spiro atoms. The summed E-state index contributed by atoms with van der Waals surface area (Å²) in [6.07, 6.45) is 4.10. The molecule has 2 heterocycles. The van der Waals surface area contributed by atoms with E-state index in [1.807, 2.05) is 57.6 Å². The second-order valence-electron chi connectivity index (χ2n) is 14.0. The lowest BCUT2D eigenvalue weighted by Gasteiger charge is -2.38. The number of fused-ring (bicyclic) bond motifs is 1. The Morgan fingerprint density at radius 3 is 2.41 bits per heavy atom. The van der Waals surface area contributed by atoms with Gasteiger partial charge in [-0.15, -0.1) is 0 Å². The predicted octanol–water partition coefficient (Wildman–Crippen LogP) is 2.44. The number of nitrogens with one attached hydrogen (secondary N) is 2. The molecule has 4 rings (SSSR count). The summed E-state index contributed by atoms with van der Waals surface area (Å²) >= 11 is 0. The van der Waals surface area contributed by atoms with Crippen molar-refractivity contribution in [1.82, 2.24) is 20.1 Å². The van der Waals surface area contributed by atoms with Crippen LogP contribution in [-0.2, 0) is 26.2 Å². The third-order valence-electron chi connectivity index (χ3n) is 9.68. The Bertz CT molecular complexity index is 1240. The normalized spacial score (nSPS) is 28.0. The Morgan fingerprint density at radius 1 is 1.20 bits per heavy atom. The number of carbonyl (C=O) groups is 4. The zero-order valence-electron chi connectivity index (χ0n) is 25.4. The summed E-state index contributed by atoms with van der Waals surface area (Å²) in [7, 11) is 1.96. The Kier molecular flexibility index (Phi) is 8.32. The van der Waals surface area contributed by atoms with Crippen LogP contribution in [0.5, 0.6) is 0 Å². The fourth-order valence-electron chi connectivity index (χ4n) is 6.96. The van der Waals surface area contributed by atoms with Crippen molar-refractivity contribution in [3.63, 3.8) is 0 Å². The van der Waals surface area contributed by atoms with Crippen molar-refractivity contribution >= 4 is 23.6 Å². The molecular weight excluding hydrogens is 520 g/mol. The van der Waals surface area contributed by atoms with Gasteiger partial charge in [0.15, 0.2) is 0 Å². The Morgan fingerprint density at radius 2 is 1.88 bits per heavy atom. The van der Waals surface area contributed by atoms with Crippen LogP contribution in [0.2, 0.25) is 0 Å². The van der Waals surface area contributed by atoms with Crippen molar-refractivity contribution in [3.05, 3.63) is 24.0 Å². The first-order valence-corrected chi connectivity index (χ1v) is 14.8. The van der Waals surface area contributed by atoms with Gasteiger partial charge in [-0.05, 0) is 54.1 Å². The van der Waals surface area contributed by atoms with Crippen molar-refractivity contribution in [1.29, 1.82) is 5.26 Å². The Labute approximate surface area is 243 Å². The van der Waals surface area contributed by atoms with Crippen molar-refractivity contribution < 1.29 is 19.2 Å². The van der Waals surface area contributed by atoms with Crippen molar-refractivity contribution in [2.75, 3.05) is 6.54 Å². The van der Waals surface area contributed by atoms with E-state index >= 15 is 0 Å². The third-order valence-corrected chi connectivity index (χ3v) is 9.68. The van der Waals surface area contributed by atoms with Crippen molar-refractivity contribution in [3.8, 4) is 6.07 Å². The molecule has 0 unspecified atom stereocenters. The molecule has 0 radical (unpaired) electrons. The second-order valence-corrected chi connectivity index (χ2v) is 14.0. The molecule has 4 N–H and O–H groups in total. The summed E-state index contributed by atoms with van der Waals surface area (Å²) in [5, 5.41) is 15.6. The van der Waals surface area contributed by atoms with E-state index in [2.05, 4.69) is 30.6 Å². The highest BCUT2D eigenvalue weighted by Crippen LogP contribution is 2.65. The van der Waals surface area contributed by atoms with E-state index in [-0.39, 0.29) is 47.3 Å². The molecule has 10 nitrogen and oxygen atoms in total. The molecule has 2 saturated carbocycles. The Balaban J connectivity index is 1.50. The summed E-state index contributed by atoms with van der Waals surface area (Å²) in [6.45, 7) is 12.3. The van der Waals surface area contributed by atoms with Crippen LogP contribution in [0.25, 0.3) is 0 Å². The number of hydrogen-bond donors (Lipinski definition) is 3. The number of aromatic nitrogens is 1. The molecule has 1 aromatic heterocycles. The van der Waals surface area contributed by atoms with Crippen molar-refractivity contribution in [2.45, 2.75) is 91.3 Å². The predicted molar refractivity (Wildman–Crippen MR) is 154 cm³/mol. The van der Waals surface area contributed by atoms with E-state index in [4.69, 9.17) is 5.73 Å². The number of hydrogen-bond acceptors (Lipinski definition) is 5. The largest absolute Gasteiger partial charge is 0.369 e. The molecular formula is C31H46N6O4. The van der Waals surface area contributed by atoms with Crippen LogP contribution in [0.4, 0.5) is 0 Å². The summed E-state index contributed by atoms with van der Waals surface area (Å²) < 4.78 is 2.02. The van der Waals surface area contributed by atoms with Crippen LogP contribution in [0.1, 0.15) is 78.8 Å². The number of aryl methyl sites for hydroxylation is 1. The lowest BCUT2D eigenvalue weighted by molar-refractivity contribution is -0.145. The lowest BCUT2D eigenvalue weighted by Crippen LogP contribution is -2.60. The zero-order valence-corrected chi connectivity index (χ0v) is 25.4. The third kappa shape index (κ3) is 6.00. The number of rotatable bonds is 11. The van der Waals surface area contributed by atoms with Gasteiger partial charge in [0, 0.05) is 43.2 Å². The van der Waals surface area contributed by atoms with Crippen LogP contribution < -0.4 is 16.4 Å². The van der Waals surface area contributed by atoms with Gasteiger partial charge in [0.05, 0.1) is 6.07 Å². The van der Waals surface area contributed by atoms with Gasteiger partial charge in [-0.1, -0.05) is 48.0 Å². The first-order valence-electron chi connectivity index (χ1n) is 14.8. The number of nitriles is 1. The van der Waals surface area contributed by atoms with Gasteiger partial charge < -0.3 is 25.8 Å². The van der Waals surface area contributed by atoms with Gasteiger partial charge in [-0.25, -0.2) is 0 Å². The zero-order chi connectivity index (χ0) is 30.4. The van der Waals surface area contributed by atoms with Crippen LogP contribution in [-0.4, -0.2) is 57.8 Å². The highest BCUT2D eigenvalue weighted by Gasteiger charge is 2.70. The molecule has 2 aliphatic carbocycles. The minimum absolute atomic E-state index is 0.0464. The summed E-state index contributed by atoms with van der Waals surface area (Å²) in [5.41, 5.74) is 5.94. The molecule has 41 heavy (non-hydrogen) atoms. The van der Waals surface area contributed by atoms with Gasteiger partial charge in [0.1, 0.15) is 18.1 Å². The minimum atomic E-state index is -0.896. The maximum atomic E-state index is 14.1. The maximum absolute atomic E-state index is 14.1. The number of likely N-dealkylation sites (tertiary alicyclic amines) is 1. The van der Waals surface area contributed by atoms with E-state index in [0.29, 0.717) is 13.0 Å². The molecule has 0 aromatic carbocycles. The molecule has 224 valence electrons. The number of nitrogens with zero attached hydrogens (tertiary/aromatic N) is 3. The summed E-state index contributed by atoms with van der Waals surface area (Å²) in [6, 6.07) is 3.63. The van der Waals surface area contributed by atoms with Crippen molar-refractivity contribution in [2.24, 2.45) is 47.3 Å². The SMILES string of the molecule is CCC[C@@H](C[C@@H](C#N)NC(=O)[C@@H]1[C@@H]2[C@H](CN1C(=O)[C@@H](NC(=O)[C@@H]1C[C@H]1c1cccn1C)C(C)(C)C)C2(C)C)C(N)=O. The summed E-state index contributed by atoms with van der Waals surface area (Å²) in [4.78, 5) is 54.7. The standard InChI is InChI=1S/C31H46N6O4/c1-8-10-17(26(33)38)13-18(15-32)34-28(40)24-23-21(31(23,5)6)16-37(24)29(41)25(30(2,3)4)35-27(39)20-14-19(20)22-11-9-12-36(22)7/h9,11-12,17-21,23-25H,8,10,13-14,16H2,1-7H3,(H2,33,38)(H,34,40)(H,35,39)/t17-,18-,19+,20+,21-,23-,24-,25+/m0/s1. The summed E-state index contributed by atoms with van der Waals surface area (Å²) in [5.74, 6) is -1.78. The first-order chi connectivity index (χ1) is 19.1. The van der Waals surface area contributed by atoms with Gasteiger partial charge in [0.2, 0.25) is 23.6 Å². The molecule has 1 aromatic rings. The average Bonchev–Trinajstić information content (AvgIpc) is 3.61. The molecule has 10 heteroatoms. The first kappa shape index (κ1) is 30.6. The number of primary amides is 1. The molecule has 3 aliphatic rings. The minimum Gasteiger partial charge on any atom is -0.369 e. The average molecular weight is 567 g/mol. The second kappa shape index (κ2) is 11.1. The fraction of sp³-hybridized carbons (Fsp3) is 0.710. The number of amides is 4. The Hall–Kier alpha value is -3.35.